The fraction of sp³-hybridized carbons (Fsp3) is 0.625. The maximum absolute atomic E-state index is 5.81. The van der Waals surface area contributed by atoms with Crippen LogP contribution in [0.15, 0.2) is 24.3 Å². The molecule has 19 heavy (non-hydrogen) atoms. The van der Waals surface area contributed by atoms with Gasteiger partial charge in [-0.3, -0.25) is 4.90 Å². The van der Waals surface area contributed by atoms with Crippen LogP contribution in [0.25, 0.3) is 0 Å². The highest BCUT2D eigenvalue weighted by Gasteiger charge is 2.16. The summed E-state index contributed by atoms with van der Waals surface area (Å²) in [6.07, 6.45) is 4.18. The van der Waals surface area contributed by atoms with Gasteiger partial charge < -0.3 is 10.1 Å². The summed E-state index contributed by atoms with van der Waals surface area (Å²) < 4.78 is 5.81. The number of hydrogen-bond donors (Lipinski definition) is 1. The molecule has 1 aliphatic heterocycles. The van der Waals surface area contributed by atoms with Crippen LogP contribution in [0.3, 0.4) is 0 Å². The molecule has 1 aliphatic rings. The van der Waals surface area contributed by atoms with E-state index < -0.39 is 0 Å². The van der Waals surface area contributed by atoms with Crippen molar-refractivity contribution in [2.24, 2.45) is 0 Å². The van der Waals surface area contributed by atoms with Gasteiger partial charge >= 0.3 is 0 Å². The highest BCUT2D eigenvalue weighted by molar-refractivity contribution is 5.26. The van der Waals surface area contributed by atoms with Crippen LogP contribution in [0.5, 0.6) is 0 Å². The molecular weight excluding hydrogens is 236 g/mol. The second kappa shape index (κ2) is 7.63. The summed E-state index contributed by atoms with van der Waals surface area (Å²) in [6, 6.07) is 8.67. The number of nitrogens with one attached hydrogen (secondary N) is 1. The summed E-state index contributed by atoms with van der Waals surface area (Å²) in [4.78, 5) is 2.38. The molecule has 1 fully saturated rings. The molecule has 3 nitrogen and oxygen atoms in total. The lowest BCUT2D eigenvalue weighted by atomic mass is 10.1. The molecule has 2 rings (SSSR count). The molecule has 3 heteroatoms. The van der Waals surface area contributed by atoms with Gasteiger partial charge in [0.25, 0.3) is 0 Å². The van der Waals surface area contributed by atoms with Crippen molar-refractivity contribution < 1.29 is 4.74 Å². The van der Waals surface area contributed by atoms with Crippen molar-refractivity contribution in [2.75, 3.05) is 27.2 Å². The Morgan fingerprint density at radius 2 is 2.05 bits per heavy atom. The van der Waals surface area contributed by atoms with Gasteiger partial charge in [-0.2, -0.15) is 0 Å². The van der Waals surface area contributed by atoms with Crippen LogP contribution >= 0.6 is 0 Å². The van der Waals surface area contributed by atoms with Crippen molar-refractivity contribution in [1.29, 1.82) is 0 Å². The minimum Gasteiger partial charge on any atom is -0.377 e. The largest absolute Gasteiger partial charge is 0.377 e. The normalized spacial score (nSPS) is 19.8. The first-order valence-electron chi connectivity index (χ1n) is 7.31. The van der Waals surface area contributed by atoms with Gasteiger partial charge in [-0.25, -0.2) is 0 Å². The molecule has 1 unspecified atom stereocenters. The average molecular weight is 262 g/mol. The van der Waals surface area contributed by atoms with Crippen molar-refractivity contribution in [2.45, 2.75) is 38.5 Å². The summed E-state index contributed by atoms with van der Waals surface area (Å²) in [5.74, 6) is 0. The van der Waals surface area contributed by atoms with E-state index in [4.69, 9.17) is 4.74 Å². The number of hydrogen-bond acceptors (Lipinski definition) is 3. The number of ether oxygens (including phenoxy) is 1. The zero-order valence-corrected chi connectivity index (χ0v) is 12.2. The van der Waals surface area contributed by atoms with Crippen molar-refractivity contribution in [3.8, 4) is 0 Å². The quantitative estimate of drug-likeness (QED) is 0.852. The smallest absolute Gasteiger partial charge is 0.0702 e. The van der Waals surface area contributed by atoms with Gasteiger partial charge in [-0.1, -0.05) is 24.3 Å². The van der Waals surface area contributed by atoms with Crippen LogP contribution < -0.4 is 5.32 Å². The molecule has 1 atom stereocenters. The first-order chi connectivity index (χ1) is 9.29. The minimum atomic E-state index is 0.426. The zero-order chi connectivity index (χ0) is 13.5. The van der Waals surface area contributed by atoms with E-state index in [-0.39, 0.29) is 0 Å². The fourth-order valence-electron chi connectivity index (χ4n) is 2.73. The highest BCUT2D eigenvalue weighted by atomic mass is 16.5. The van der Waals surface area contributed by atoms with E-state index in [2.05, 4.69) is 41.5 Å². The topological polar surface area (TPSA) is 24.5 Å². The molecule has 0 aromatic heterocycles. The Kier molecular flexibility index (Phi) is 5.83. The monoisotopic (exact) mass is 262 g/mol. The lowest BCUT2D eigenvalue weighted by molar-refractivity contribution is -0.00262. The van der Waals surface area contributed by atoms with Crippen LogP contribution in [-0.4, -0.2) is 38.3 Å². The van der Waals surface area contributed by atoms with Gasteiger partial charge in [0.15, 0.2) is 0 Å². The Morgan fingerprint density at radius 3 is 2.74 bits per heavy atom. The Hall–Kier alpha value is -0.900. The number of benzene rings is 1. The lowest BCUT2D eigenvalue weighted by Crippen LogP contribution is -2.33. The predicted octanol–water partition coefficient (Wildman–Crippen LogP) is 2.41. The summed E-state index contributed by atoms with van der Waals surface area (Å²) in [5, 5.41) is 3.24. The van der Waals surface area contributed by atoms with Crippen LogP contribution in [0.4, 0.5) is 0 Å². The van der Waals surface area contributed by atoms with E-state index in [1.54, 1.807) is 0 Å². The molecule has 1 saturated heterocycles. The molecule has 1 N–H and O–H groups in total. The molecule has 0 bridgehead atoms. The van der Waals surface area contributed by atoms with Gasteiger partial charge in [-0.15, -0.1) is 0 Å². The molecule has 0 radical (unpaired) electrons. The van der Waals surface area contributed by atoms with E-state index >= 15 is 0 Å². The molecule has 0 amide bonds. The van der Waals surface area contributed by atoms with Crippen molar-refractivity contribution in [1.82, 2.24) is 10.2 Å². The summed E-state index contributed by atoms with van der Waals surface area (Å²) in [5.41, 5.74) is 2.80. The highest BCUT2D eigenvalue weighted by Crippen LogP contribution is 2.16. The number of nitrogens with zero attached hydrogens (tertiary/aromatic N) is 1. The van der Waals surface area contributed by atoms with Crippen molar-refractivity contribution in [3.05, 3.63) is 35.4 Å². The van der Waals surface area contributed by atoms with Gasteiger partial charge in [0.05, 0.1) is 6.10 Å². The number of likely N-dealkylation sites (N-methyl/N-ethyl adjacent to an activating group) is 1. The molecule has 1 aromatic carbocycles. The van der Waals surface area contributed by atoms with Gasteiger partial charge in [-0.05, 0) is 44.5 Å². The van der Waals surface area contributed by atoms with Crippen LogP contribution in [0.2, 0.25) is 0 Å². The average Bonchev–Trinajstić information content (AvgIpc) is 2.42. The molecule has 106 valence electrons. The summed E-state index contributed by atoms with van der Waals surface area (Å²) >= 11 is 0. The zero-order valence-electron chi connectivity index (χ0n) is 12.2. The van der Waals surface area contributed by atoms with Crippen LogP contribution in [0, 0.1) is 0 Å². The maximum atomic E-state index is 5.81. The Labute approximate surface area is 116 Å². The van der Waals surface area contributed by atoms with E-state index in [9.17, 15) is 0 Å². The van der Waals surface area contributed by atoms with Gasteiger partial charge in [0.1, 0.15) is 0 Å². The Morgan fingerprint density at radius 1 is 1.26 bits per heavy atom. The third-order valence-electron chi connectivity index (χ3n) is 3.72. The summed E-state index contributed by atoms with van der Waals surface area (Å²) in [6.45, 7) is 3.91. The SMILES string of the molecule is CNCc1ccccc1CN(C)CC1CCCCO1. The van der Waals surface area contributed by atoms with E-state index in [1.165, 1.54) is 30.4 Å². The second-order valence-electron chi connectivity index (χ2n) is 5.48. The molecule has 1 aromatic rings. The molecule has 0 spiro atoms. The van der Waals surface area contributed by atoms with Crippen LogP contribution in [0.1, 0.15) is 30.4 Å². The molecule has 0 aliphatic carbocycles. The summed E-state index contributed by atoms with van der Waals surface area (Å²) in [7, 11) is 4.19. The maximum Gasteiger partial charge on any atom is 0.0702 e. The minimum absolute atomic E-state index is 0.426. The van der Waals surface area contributed by atoms with Gasteiger partial charge in [0, 0.05) is 26.2 Å². The molecule has 0 saturated carbocycles. The molecular formula is C16H26N2O. The fourth-order valence-corrected chi connectivity index (χ4v) is 2.73. The molecule has 1 heterocycles. The lowest BCUT2D eigenvalue weighted by Gasteiger charge is -2.27. The van der Waals surface area contributed by atoms with Gasteiger partial charge in [0.2, 0.25) is 0 Å². The second-order valence-corrected chi connectivity index (χ2v) is 5.48. The van der Waals surface area contributed by atoms with E-state index in [0.29, 0.717) is 6.10 Å². The first kappa shape index (κ1) is 14.5. The Balaban J connectivity index is 1.88. The Bertz CT molecular complexity index is 375. The van der Waals surface area contributed by atoms with Crippen molar-refractivity contribution in [3.63, 3.8) is 0 Å². The van der Waals surface area contributed by atoms with E-state index in [0.717, 1.165) is 26.2 Å². The van der Waals surface area contributed by atoms with Crippen molar-refractivity contribution >= 4 is 0 Å². The first-order valence-corrected chi connectivity index (χ1v) is 7.31. The van der Waals surface area contributed by atoms with E-state index in [1.807, 2.05) is 7.05 Å². The van der Waals surface area contributed by atoms with Crippen LogP contribution in [-0.2, 0) is 17.8 Å². The third kappa shape index (κ3) is 4.60. The standard InChI is InChI=1S/C16H26N2O/c1-17-11-14-7-3-4-8-15(14)12-18(2)13-16-9-5-6-10-19-16/h3-4,7-8,16-17H,5-6,9-13H2,1-2H3. The third-order valence-corrected chi connectivity index (χ3v) is 3.72. The number of rotatable bonds is 6. The predicted molar refractivity (Wildman–Crippen MR) is 79.1 cm³/mol.